The Balaban J connectivity index is 1.52. The fourth-order valence-corrected chi connectivity index (χ4v) is 5.01. The van der Waals surface area contributed by atoms with E-state index in [0.717, 1.165) is 48.8 Å². The average molecular weight is 532 g/mol. The van der Waals surface area contributed by atoms with Gasteiger partial charge in [-0.25, -0.2) is 4.98 Å². The van der Waals surface area contributed by atoms with Crippen LogP contribution < -0.4 is 14.5 Å². The first-order chi connectivity index (χ1) is 17.6. The number of carbonyl (C=O) groups is 1. The fraction of sp³-hybridized carbons (Fsp3) is 0.462. The Bertz CT molecular complexity index is 1190. The Morgan fingerprint density at radius 1 is 1.14 bits per heavy atom. The number of thiocarbonyl (C=S) groups is 1. The van der Waals surface area contributed by atoms with Gasteiger partial charge < -0.3 is 14.5 Å². The summed E-state index contributed by atoms with van der Waals surface area (Å²) < 4.78 is 46.7. The maximum atomic E-state index is 13.5. The summed E-state index contributed by atoms with van der Waals surface area (Å²) in [5.74, 6) is 0.298. The van der Waals surface area contributed by atoms with Crippen molar-refractivity contribution in [2.24, 2.45) is 0 Å². The van der Waals surface area contributed by atoms with E-state index in [1.807, 2.05) is 24.3 Å². The molecule has 37 heavy (non-hydrogen) atoms. The van der Waals surface area contributed by atoms with Crippen LogP contribution in [-0.2, 0) is 11.0 Å². The number of halogens is 3. The van der Waals surface area contributed by atoms with Crippen molar-refractivity contribution >= 4 is 34.6 Å². The van der Waals surface area contributed by atoms with Gasteiger partial charge in [-0.1, -0.05) is 0 Å². The van der Waals surface area contributed by atoms with Crippen molar-refractivity contribution in [1.29, 1.82) is 5.26 Å². The summed E-state index contributed by atoms with van der Waals surface area (Å²) in [5.41, 5.74) is -1.39. The molecule has 2 saturated heterocycles. The lowest BCUT2D eigenvalue weighted by Crippen LogP contribution is -2.44. The normalized spacial score (nSPS) is 18.2. The van der Waals surface area contributed by atoms with Gasteiger partial charge >= 0.3 is 6.18 Å². The van der Waals surface area contributed by atoms with Crippen LogP contribution >= 0.6 is 12.2 Å². The number of anilines is 2. The first-order valence-corrected chi connectivity index (χ1v) is 12.6. The smallest absolute Gasteiger partial charge is 0.419 e. The van der Waals surface area contributed by atoms with Crippen LogP contribution in [0, 0.1) is 11.3 Å². The van der Waals surface area contributed by atoms with E-state index in [2.05, 4.69) is 23.7 Å². The number of ether oxygens (including phenoxy) is 1. The van der Waals surface area contributed by atoms with Gasteiger partial charge in [-0.2, -0.15) is 18.4 Å². The van der Waals surface area contributed by atoms with Crippen LogP contribution in [0.5, 0.6) is 5.75 Å². The van der Waals surface area contributed by atoms with Crippen LogP contribution in [0.2, 0.25) is 0 Å². The molecule has 0 atom stereocenters. The molecule has 0 spiro atoms. The molecule has 0 unspecified atom stereocenters. The second-order valence-electron chi connectivity index (χ2n) is 9.41. The number of rotatable bonds is 5. The molecule has 0 saturated carbocycles. The van der Waals surface area contributed by atoms with Gasteiger partial charge in [0.2, 0.25) is 5.91 Å². The van der Waals surface area contributed by atoms with E-state index in [-0.39, 0.29) is 23.3 Å². The quantitative estimate of drug-likeness (QED) is 0.495. The number of alkyl halides is 3. The van der Waals surface area contributed by atoms with Crippen molar-refractivity contribution in [2.45, 2.75) is 57.9 Å². The third-order valence-corrected chi connectivity index (χ3v) is 7.05. The average Bonchev–Trinajstić information content (AvgIpc) is 3.01. The topological polar surface area (TPSA) is 72.7 Å². The van der Waals surface area contributed by atoms with E-state index in [1.54, 1.807) is 4.90 Å². The van der Waals surface area contributed by atoms with Crippen molar-refractivity contribution in [3.63, 3.8) is 0 Å². The number of hydrogen-bond donors (Lipinski definition) is 0. The molecule has 11 heteroatoms. The third kappa shape index (κ3) is 6.02. The SMILES string of the molecule is CC(C)N1CCC(Oc2ccc(N3CCCC(=O)N(c4cnc(C#N)c(C(F)(F)F)c4)C3=S)cc2)CC1. The number of carbonyl (C=O) groups excluding carboxylic acids is 1. The van der Waals surface area contributed by atoms with Gasteiger partial charge in [0.15, 0.2) is 10.8 Å². The number of nitriles is 1. The highest BCUT2D eigenvalue weighted by Crippen LogP contribution is 2.35. The maximum absolute atomic E-state index is 13.5. The molecule has 2 fully saturated rings. The Morgan fingerprint density at radius 2 is 1.81 bits per heavy atom. The molecule has 0 bridgehead atoms. The zero-order chi connectivity index (χ0) is 26.7. The monoisotopic (exact) mass is 531 g/mol. The number of likely N-dealkylation sites (tertiary alicyclic amines) is 1. The highest BCUT2D eigenvalue weighted by atomic mass is 32.1. The first kappa shape index (κ1) is 26.8. The number of piperidine rings is 1. The number of pyridine rings is 1. The first-order valence-electron chi connectivity index (χ1n) is 12.2. The number of hydrogen-bond acceptors (Lipinski definition) is 6. The molecule has 0 radical (unpaired) electrons. The molecule has 196 valence electrons. The maximum Gasteiger partial charge on any atom is 0.419 e. The number of benzene rings is 1. The minimum absolute atomic E-state index is 0.0526. The molecular formula is C26H28F3N5O2S. The van der Waals surface area contributed by atoms with Crippen LogP contribution in [0.1, 0.15) is 50.8 Å². The van der Waals surface area contributed by atoms with Crippen molar-refractivity contribution in [1.82, 2.24) is 9.88 Å². The van der Waals surface area contributed by atoms with E-state index in [0.29, 0.717) is 24.7 Å². The van der Waals surface area contributed by atoms with Crippen LogP contribution in [0.25, 0.3) is 0 Å². The number of nitrogens with zero attached hydrogens (tertiary/aromatic N) is 5. The summed E-state index contributed by atoms with van der Waals surface area (Å²) in [5, 5.41) is 9.10. The number of aromatic nitrogens is 1. The van der Waals surface area contributed by atoms with Crippen LogP contribution in [-0.4, -0.2) is 52.7 Å². The lowest BCUT2D eigenvalue weighted by Gasteiger charge is -2.34. The number of amides is 1. The van der Waals surface area contributed by atoms with Crippen molar-refractivity contribution in [3.05, 3.63) is 47.8 Å². The van der Waals surface area contributed by atoms with Crippen molar-refractivity contribution < 1.29 is 22.7 Å². The van der Waals surface area contributed by atoms with Gasteiger partial charge in [-0.05, 0) is 75.7 Å². The standard InChI is InChI=1S/C26H28F3N5O2S/c1-17(2)32-12-9-21(10-13-32)36-20-7-5-18(6-8-20)33-11-3-4-24(35)34(25(33)37)19-14-22(26(27,28)29)23(15-30)31-16-19/h5-8,14,16-17,21H,3-4,9-13H2,1-2H3. The third-order valence-electron chi connectivity index (χ3n) is 6.64. The van der Waals surface area contributed by atoms with Gasteiger partial charge in [0.25, 0.3) is 0 Å². The van der Waals surface area contributed by atoms with Gasteiger partial charge in [0.05, 0.1) is 17.4 Å². The molecule has 1 amide bonds. The molecule has 2 aromatic rings. The minimum Gasteiger partial charge on any atom is -0.490 e. The molecule has 2 aliphatic rings. The van der Waals surface area contributed by atoms with E-state index in [1.165, 1.54) is 6.07 Å². The lowest BCUT2D eigenvalue weighted by atomic mass is 10.1. The molecule has 0 N–H and O–H groups in total. The molecule has 2 aliphatic heterocycles. The minimum atomic E-state index is -4.80. The fourth-order valence-electron chi connectivity index (χ4n) is 4.61. The van der Waals surface area contributed by atoms with E-state index < -0.39 is 23.3 Å². The highest BCUT2D eigenvalue weighted by Gasteiger charge is 2.37. The Kier molecular flexibility index (Phi) is 7.99. The summed E-state index contributed by atoms with van der Waals surface area (Å²) in [7, 11) is 0. The Hall–Kier alpha value is -3.23. The van der Waals surface area contributed by atoms with Crippen LogP contribution in [0.4, 0.5) is 24.5 Å². The predicted octanol–water partition coefficient (Wildman–Crippen LogP) is 5.14. The predicted molar refractivity (Wildman–Crippen MR) is 137 cm³/mol. The zero-order valence-corrected chi connectivity index (χ0v) is 21.5. The molecule has 3 heterocycles. The molecular weight excluding hydrogens is 503 g/mol. The Morgan fingerprint density at radius 3 is 2.41 bits per heavy atom. The molecule has 7 nitrogen and oxygen atoms in total. The summed E-state index contributed by atoms with van der Waals surface area (Å²) in [6.07, 6.45) is -1.11. The van der Waals surface area contributed by atoms with E-state index in [9.17, 15) is 18.0 Å². The largest absolute Gasteiger partial charge is 0.490 e. The Labute approximate surface area is 219 Å². The molecule has 0 aliphatic carbocycles. The second kappa shape index (κ2) is 11.0. The van der Waals surface area contributed by atoms with Crippen molar-refractivity contribution in [3.8, 4) is 11.8 Å². The van der Waals surface area contributed by atoms with Crippen molar-refractivity contribution in [2.75, 3.05) is 29.4 Å². The molecule has 4 rings (SSSR count). The van der Waals surface area contributed by atoms with Crippen LogP contribution in [0.15, 0.2) is 36.5 Å². The summed E-state index contributed by atoms with van der Waals surface area (Å²) in [4.78, 5) is 21.7. The highest BCUT2D eigenvalue weighted by molar-refractivity contribution is 7.81. The van der Waals surface area contributed by atoms with Crippen LogP contribution in [0.3, 0.4) is 0 Å². The van der Waals surface area contributed by atoms with Gasteiger partial charge in [-0.15, -0.1) is 0 Å². The van der Waals surface area contributed by atoms with Gasteiger partial charge in [0, 0.05) is 37.8 Å². The van der Waals surface area contributed by atoms with Gasteiger partial charge in [-0.3, -0.25) is 9.69 Å². The van der Waals surface area contributed by atoms with E-state index in [4.69, 9.17) is 22.2 Å². The zero-order valence-electron chi connectivity index (χ0n) is 20.7. The summed E-state index contributed by atoms with van der Waals surface area (Å²) in [6, 6.07) is 10.1. The summed E-state index contributed by atoms with van der Waals surface area (Å²) >= 11 is 5.59. The van der Waals surface area contributed by atoms with E-state index >= 15 is 0 Å². The second-order valence-corrected chi connectivity index (χ2v) is 9.77. The lowest BCUT2D eigenvalue weighted by molar-refractivity contribution is -0.138. The summed E-state index contributed by atoms with van der Waals surface area (Å²) in [6.45, 7) is 6.79. The molecule has 1 aromatic carbocycles. The van der Waals surface area contributed by atoms with Gasteiger partial charge in [0.1, 0.15) is 17.9 Å². The molecule has 1 aromatic heterocycles.